The highest BCUT2D eigenvalue weighted by molar-refractivity contribution is 5.65. The zero-order chi connectivity index (χ0) is 23.8. The van der Waals surface area contributed by atoms with Crippen molar-refractivity contribution in [2.75, 3.05) is 7.11 Å². The van der Waals surface area contributed by atoms with E-state index >= 15 is 0 Å². The lowest BCUT2D eigenvalue weighted by Crippen LogP contribution is -1.99. The van der Waals surface area contributed by atoms with E-state index in [0.29, 0.717) is 29.5 Å². The fourth-order valence-electron chi connectivity index (χ4n) is 3.47. The predicted octanol–water partition coefficient (Wildman–Crippen LogP) is 4.98. The number of hydrogen-bond acceptors (Lipinski definition) is 7. The molecule has 0 atom stereocenters. The molecule has 0 saturated heterocycles. The largest absolute Gasteiger partial charge is 0.493 e. The molecular weight excluding hydrogens is 436 g/mol. The van der Waals surface area contributed by atoms with Gasteiger partial charge in [-0.05, 0) is 48.6 Å². The Morgan fingerprint density at radius 2 is 1.88 bits per heavy atom. The maximum Gasteiger partial charge on any atom is 0.419 e. The molecule has 2 aromatic carbocycles. The minimum atomic E-state index is -0.640. The molecule has 0 aliphatic heterocycles. The van der Waals surface area contributed by atoms with Gasteiger partial charge in [-0.2, -0.15) is 0 Å². The van der Waals surface area contributed by atoms with Gasteiger partial charge in [0.1, 0.15) is 18.6 Å². The summed E-state index contributed by atoms with van der Waals surface area (Å²) in [6, 6.07) is 15.7. The number of ether oxygens (including phenoxy) is 2. The van der Waals surface area contributed by atoms with E-state index in [2.05, 4.69) is 9.97 Å². The zero-order valence-corrected chi connectivity index (χ0v) is 18.8. The van der Waals surface area contributed by atoms with Crippen molar-refractivity contribution in [3.63, 3.8) is 0 Å². The number of aromatic nitrogens is 2. The second-order valence-electron chi connectivity index (χ2n) is 7.69. The summed E-state index contributed by atoms with van der Waals surface area (Å²) >= 11 is 0. The first-order valence-electron chi connectivity index (χ1n) is 11.0. The molecule has 0 radical (unpaired) electrons. The summed E-state index contributed by atoms with van der Waals surface area (Å²) in [6.07, 6.45) is 8.26. The monoisotopic (exact) mass is 462 g/mol. The normalized spacial score (nSPS) is 11.2. The topological polar surface area (TPSA) is 111 Å². The molecule has 4 rings (SSSR count). The quantitative estimate of drug-likeness (QED) is 0.302. The van der Waals surface area contributed by atoms with Crippen LogP contribution in [-0.4, -0.2) is 22.2 Å². The fourth-order valence-corrected chi connectivity index (χ4v) is 3.47. The number of aromatic hydroxyl groups is 1. The minimum absolute atomic E-state index is 0.195. The second kappa shape index (κ2) is 11.1. The number of nitrogens with zero attached hydrogens (tertiary/aromatic N) is 1. The van der Waals surface area contributed by atoms with Gasteiger partial charge in [-0.25, -0.2) is 9.78 Å². The van der Waals surface area contributed by atoms with E-state index < -0.39 is 5.76 Å². The first-order valence-corrected chi connectivity index (χ1v) is 11.0. The van der Waals surface area contributed by atoms with Crippen molar-refractivity contribution < 1.29 is 23.4 Å². The summed E-state index contributed by atoms with van der Waals surface area (Å²) in [7, 11) is 1.60. The lowest BCUT2D eigenvalue weighted by molar-refractivity contribution is 0.280. The van der Waals surface area contributed by atoms with Crippen molar-refractivity contribution in [3.8, 4) is 17.4 Å². The molecule has 2 heterocycles. The van der Waals surface area contributed by atoms with E-state index in [-0.39, 0.29) is 18.2 Å². The van der Waals surface area contributed by atoms with Gasteiger partial charge in [0.15, 0.2) is 17.3 Å². The number of benzene rings is 2. The number of H-pyrrole nitrogens is 1. The molecule has 4 aromatic rings. The highest BCUT2D eigenvalue weighted by Crippen LogP contribution is 2.29. The first kappa shape index (κ1) is 23.0. The van der Waals surface area contributed by atoms with Crippen molar-refractivity contribution in [1.82, 2.24) is 9.97 Å². The van der Waals surface area contributed by atoms with Crippen molar-refractivity contribution in [2.24, 2.45) is 0 Å². The minimum Gasteiger partial charge on any atom is -0.493 e. The van der Waals surface area contributed by atoms with Crippen LogP contribution >= 0.6 is 0 Å². The van der Waals surface area contributed by atoms with Gasteiger partial charge in [0.25, 0.3) is 0 Å². The molecule has 0 saturated carbocycles. The van der Waals surface area contributed by atoms with Crippen LogP contribution in [0.25, 0.3) is 12.2 Å². The Hall–Kier alpha value is -4.20. The highest BCUT2D eigenvalue weighted by Gasteiger charge is 2.10. The van der Waals surface area contributed by atoms with Gasteiger partial charge < -0.3 is 23.4 Å². The number of rotatable bonds is 11. The Balaban J connectivity index is 1.28. The molecule has 176 valence electrons. The first-order chi connectivity index (χ1) is 16.6. The molecule has 0 fully saturated rings. The Morgan fingerprint density at radius 1 is 1.06 bits per heavy atom. The summed E-state index contributed by atoms with van der Waals surface area (Å²) in [6.45, 7) is 0.254. The van der Waals surface area contributed by atoms with Crippen LogP contribution in [0.5, 0.6) is 17.4 Å². The molecule has 0 spiro atoms. The summed E-state index contributed by atoms with van der Waals surface area (Å²) in [4.78, 5) is 17.7. The van der Waals surface area contributed by atoms with E-state index in [4.69, 9.17) is 18.3 Å². The van der Waals surface area contributed by atoms with Crippen LogP contribution in [-0.2, 0) is 19.4 Å². The molecule has 0 unspecified atom stereocenters. The smallest absolute Gasteiger partial charge is 0.419 e. The van der Waals surface area contributed by atoms with E-state index in [9.17, 15) is 9.90 Å². The standard InChI is InChI=1S/C26H26N2O6/c1-31-23-15-19(9-5-6-10-22-25(29)28-26(30)34-22)11-13-21(23)32-16-20-17-33-24(27-20)14-12-18-7-3-2-4-8-18/h2-4,7-8,11-15,17,29H,5-6,9-10,16H2,1H3,(H,28,30). The van der Waals surface area contributed by atoms with Gasteiger partial charge in [-0.3, -0.25) is 4.98 Å². The van der Waals surface area contributed by atoms with Crippen LogP contribution in [0.15, 0.2) is 68.4 Å². The maximum atomic E-state index is 11.1. The van der Waals surface area contributed by atoms with E-state index in [1.165, 1.54) is 0 Å². The van der Waals surface area contributed by atoms with Crippen LogP contribution in [0.4, 0.5) is 0 Å². The Bertz CT molecular complexity index is 1290. The number of unbranched alkanes of at least 4 members (excludes halogenated alkanes) is 1. The molecule has 0 amide bonds. The fraction of sp³-hybridized carbons (Fsp3) is 0.231. The predicted molar refractivity (Wildman–Crippen MR) is 127 cm³/mol. The second-order valence-corrected chi connectivity index (χ2v) is 7.69. The third kappa shape index (κ3) is 6.19. The van der Waals surface area contributed by atoms with Gasteiger partial charge in [0.05, 0.1) is 7.11 Å². The molecule has 0 aliphatic carbocycles. The lowest BCUT2D eigenvalue weighted by Gasteiger charge is -2.11. The third-order valence-corrected chi connectivity index (χ3v) is 5.21. The average Bonchev–Trinajstić information content (AvgIpc) is 3.45. The van der Waals surface area contributed by atoms with Gasteiger partial charge in [-0.15, -0.1) is 0 Å². The SMILES string of the molecule is COc1cc(CCCCc2oc(=O)[nH]c2O)ccc1OCc1coc(C=Cc2ccccc2)n1. The van der Waals surface area contributed by atoms with E-state index in [1.54, 1.807) is 13.4 Å². The van der Waals surface area contributed by atoms with Gasteiger partial charge >= 0.3 is 5.76 Å². The number of aryl methyl sites for hydroxylation is 2. The van der Waals surface area contributed by atoms with Crippen LogP contribution in [0.2, 0.25) is 0 Å². The van der Waals surface area contributed by atoms with Crippen molar-refractivity contribution in [3.05, 3.63) is 93.8 Å². The number of aromatic amines is 1. The summed E-state index contributed by atoms with van der Waals surface area (Å²) in [5, 5.41) is 9.56. The van der Waals surface area contributed by atoms with Crippen LogP contribution < -0.4 is 15.2 Å². The van der Waals surface area contributed by atoms with E-state index in [1.807, 2.05) is 60.7 Å². The maximum absolute atomic E-state index is 11.1. The van der Waals surface area contributed by atoms with Crippen LogP contribution in [0.3, 0.4) is 0 Å². The third-order valence-electron chi connectivity index (χ3n) is 5.21. The average molecular weight is 463 g/mol. The van der Waals surface area contributed by atoms with Crippen LogP contribution in [0.1, 0.15) is 41.3 Å². The van der Waals surface area contributed by atoms with Crippen molar-refractivity contribution in [2.45, 2.75) is 32.3 Å². The number of nitrogens with one attached hydrogen (secondary N) is 1. The van der Waals surface area contributed by atoms with Gasteiger partial charge in [-0.1, -0.05) is 36.4 Å². The summed E-state index contributed by atoms with van der Waals surface area (Å²) < 4.78 is 21.8. The Labute approximate surface area is 196 Å². The van der Waals surface area contributed by atoms with Gasteiger partial charge in [0.2, 0.25) is 11.8 Å². The van der Waals surface area contributed by atoms with Crippen molar-refractivity contribution in [1.29, 1.82) is 0 Å². The molecule has 0 aliphatic rings. The Kier molecular flexibility index (Phi) is 7.49. The molecule has 8 nitrogen and oxygen atoms in total. The highest BCUT2D eigenvalue weighted by atomic mass is 16.5. The molecular formula is C26H26N2O6. The number of hydrogen-bond donors (Lipinski definition) is 2. The van der Waals surface area contributed by atoms with Crippen molar-refractivity contribution >= 4 is 12.2 Å². The van der Waals surface area contributed by atoms with Crippen LogP contribution in [0, 0.1) is 0 Å². The molecule has 2 aromatic heterocycles. The Morgan fingerprint density at radius 3 is 2.65 bits per heavy atom. The van der Waals surface area contributed by atoms with Gasteiger partial charge in [0, 0.05) is 12.5 Å². The lowest BCUT2D eigenvalue weighted by atomic mass is 10.1. The van der Waals surface area contributed by atoms with E-state index in [0.717, 1.165) is 30.4 Å². The molecule has 2 N–H and O–H groups in total. The molecule has 0 bridgehead atoms. The summed E-state index contributed by atoms with van der Waals surface area (Å²) in [5.74, 6) is 1.22. The molecule has 34 heavy (non-hydrogen) atoms. The number of oxazole rings is 2. The molecule has 8 heteroatoms. The summed E-state index contributed by atoms with van der Waals surface area (Å²) in [5.41, 5.74) is 2.84. The zero-order valence-electron chi connectivity index (χ0n) is 18.8. The number of methoxy groups -OCH3 is 1.